The molecule has 5 rings (SSSR count). The lowest BCUT2D eigenvalue weighted by Gasteiger charge is -2.31. The number of halogens is 2. The Balaban J connectivity index is 1.41. The monoisotopic (exact) mass is 530 g/mol. The lowest BCUT2D eigenvalue weighted by molar-refractivity contribution is -0.140. The van der Waals surface area contributed by atoms with Crippen LogP contribution >= 0.6 is 0 Å². The Bertz CT molecular complexity index is 1200. The maximum absolute atomic E-state index is 14.8. The van der Waals surface area contributed by atoms with E-state index < -0.39 is 18.4 Å². The van der Waals surface area contributed by atoms with Crippen molar-refractivity contribution in [3.8, 4) is 5.75 Å². The number of hydrazine groups is 1. The van der Waals surface area contributed by atoms with Crippen LogP contribution in [0.3, 0.4) is 0 Å². The van der Waals surface area contributed by atoms with Crippen LogP contribution in [0.25, 0.3) is 0 Å². The summed E-state index contributed by atoms with van der Waals surface area (Å²) in [6.07, 6.45) is 5.71. The number of ether oxygens (including phenoxy) is 1. The van der Waals surface area contributed by atoms with Gasteiger partial charge in [0, 0.05) is 25.2 Å². The van der Waals surface area contributed by atoms with Gasteiger partial charge >= 0.3 is 5.92 Å². The van der Waals surface area contributed by atoms with Gasteiger partial charge in [-0.25, -0.2) is 9.99 Å². The maximum atomic E-state index is 14.8. The number of alkyl halides is 2. The zero-order chi connectivity index (χ0) is 26.9. The van der Waals surface area contributed by atoms with Crippen LogP contribution in [-0.4, -0.2) is 79.2 Å². The number of carbonyl (C=O) groups excluding carboxylic acids is 2. The molecule has 0 atom stereocenters. The smallest absolute Gasteiger partial charge is 0.342 e. The Morgan fingerprint density at radius 3 is 2.74 bits per heavy atom. The minimum Gasteiger partial charge on any atom is -0.495 e. The molecular weight excluding hydrogens is 498 g/mol. The molecule has 13 heteroatoms. The van der Waals surface area contributed by atoms with Crippen LogP contribution in [0.15, 0.2) is 24.4 Å². The third kappa shape index (κ3) is 5.20. The molecule has 2 fully saturated rings. The lowest BCUT2D eigenvalue weighted by atomic mass is 10.1. The predicted octanol–water partition coefficient (Wildman–Crippen LogP) is 2.49. The van der Waals surface area contributed by atoms with Crippen molar-refractivity contribution in [1.29, 1.82) is 0 Å². The summed E-state index contributed by atoms with van der Waals surface area (Å²) < 4.78 is 35.1. The molecule has 0 bridgehead atoms. The zero-order valence-corrected chi connectivity index (χ0v) is 21.5. The van der Waals surface area contributed by atoms with E-state index >= 15 is 0 Å². The average molecular weight is 531 g/mol. The molecule has 0 unspecified atom stereocenters. The summed E-state index contributed by atoms with van der Waals surface area (Å²) in [7, 11) is 2.80. The normalized spacial score (nSPS) is 20.2. The molecule has 1 aliphatic carbocycles. The Morgan fingerprint density at radius 2 is 2.03 bits per heavy atom. The van der Waals surface area contributed by atoms with E-state index in [4.69, 9.17) is 4.74 Å². The molecule has 2 aliphatic heterocycles. The average Bonchev–Trinajstić information content (AvgIpc) is 3.44. The molecule has 11 nitrogen and oxygen atoms in total. The number of nitrogens with zero attached hydrogens (tertiary/aromatic N) is 5. The van der Waals surface area contributed by atoms with Gasteiger partial charge in [-0.1, -0.05) is 12.8 Å². The molecule has 1 aromatic carbocycles. The van der Waals surface area contributed by atoms with Gasteiger partial charge in [0.05, 0.1) is 32.2 Å². The number of amides is 2. The van der Waals surface area contributed by atoms with Gasteiger partial charge in [0.15, 0.2) is 5.82 Å². The summed E-state index contributed by atoms with van der Waals surface area (Å²) in [6, 6.07) is 4.80. The summed E-state index contributed by atoms with van der Waals surface area (Å²) in [5.74, 6) is -4.25. The maximum Gasteiger partial charge on any atom is 0.342 e. The topological polar surface area (TPSA) is 115 Å². The first-order valence-electron chi connectivity index (χ1n) is 12.8. The Morgan fingerprint density at radius 1 is 1.24 bits per heavy atom. The van der Waals surface area contributed by atoms with E-state index in [2.05, 4.69) is 26.0 Å². The van der Waals surface area contributed by atoms with Crippen LogP contribution in [0.1, 0.15) is 42.5 Å². The van der Waals surface area contributed by atoms with Gasteiger partial charge in [-0.2, -0.15) is 13.8 Å². The van der Waals surface area contributed by atoms with E-state index in [1.54, 1.807) is 23.1 Å². The number of nitrogens with one attached hydrogen (secondary N) is 3. The van der Waals surface area contributed by atoms with Crippen molar-refractivity contribution in [2.75, 3.05) is 55.6 Å². The van der Waals surface area contributed by atoms with Crippen LogP contribution in [-0.2, 0) is 4.79 Å². The van der Waals surface area contributed by atoms with Gasteiger partial charge in [-0.15, -0.1) is 0 Å². The SMILES string of the molecule is COc1cc(C(=O)NN2CCCNC2)ccc1Nc1ncc2c(n1)N(C1CCCC1)CC(F)(F)C(=O)N2C. The predicted molar refractivity (Wildman–Crippen MR) is 138 cm³/mol. The number of carbonyl (C=O) groups is 2. The fourth-order valence-electron chi connectivity index (χ4n) is 5.15. The molecule has 2 amide bonds. The quantitative estimate of drug-likeness (QED) is 0.518. The molecule has 3 heterocycles. The largest absolute Gasteiger partial charge is 0.495 e. The van der Waals surface area contributed by atoms with E-state index in [0.29, 0.717) is 23.7 Å². The molecule has 1 saturated carbocycles. The zero-order valence-electron chi connectivity index (χ0n) is 21.5. The van der Waals surface area contributed by atoms with Crippen LogP contribution in [0.5, 0.6) is 5.75 Å². The second kappa shape index (κ2) is 10.7. The molecule has 3 aliphatic rings. The highest BCUT2D eigenvalue weighted by atomic mass is 19.3. The van der Waals surface area contributed by atoms with E-state index in [9.17, 15) is 18.4 Å². The Hall–Kier alpha value is -3.58. The highest BCUT2D eigenvalue weighted by molar-refractivity contribution is 6.02. The molecule has 204 valence electrons. The molecular formula is C25H32F2N8O3. The van der Waals surface area contributed by atoms with Crippen molar-refractivity contribution >= 4 is 35.0 Å². The second-order valence-corrected chi connectivity index (χ2v) is 9.79. The summed E-state index contributed by atoms with van der Waals surface area (Å²) in [5, 5.41) is 8.10. The van der Waals surface area contributed by atoms with Gasteiger partial charge in [-0.3, -0.25) is 15.0 Å². The molecule has 38 heavy (non-hydrogen) atoms. The number of aromatic nitrogens is 2. The number of benzene rings is 1. The standard InChI is InChI=1S/C25H32F2N8O3/c1-33-19-13-29-24(31-21(19)35(17-6-3-4-7-17)14-25(26,27)23(33)37)30-18-9-8-16(12-20(18)38-2)22(36)32-34-11-5-10-28-15-34/h8-9,12-13,17,28H,3-7,10-11,14-15H2,1-2H3,(H,32,36)(H,29,30,31). The van der Waals surface area contributed by atoms with E-state index in [1.807, 2.05) is 5.01 Å². The van der Waals surface area contributed by atoms with E-state index in [0.717, 1.165) is 50.1 Å². The lowest BCUT2D eigenvalue weighted by Crippen LogP contribution is -2.51. The number of anilines is 4. The molecule has 2 aromatic rings. The number of methoxy groups -OCH3 is 1. The number of rotatable bonds is 6. The van der Waals surface area contributed by atoms with E-state index in [-0.39, 0.29) is 29.4 Å². The minimum atomic E-state index is -3.55. The molecule has 1 aromatic heterocycles. The van der Waals surface area contributed by atoms with Gasteiger partial charge in [-0.05, 0) is 44.0 Å². The minimum absolute atomic E-state index is 0.135. The first-order chi connectivity index (χ1) is 18.3. The first-order valence-corrected chi connectivity index (χ1v) is 12.8. The Kier molecular flexibility index (Phi) is 7.30. The Labute approximate surface area is 219 Å². The van der Waals surface area contributed by atoms with Gasteiger partial charge < -0.3 is 25.2 Å². The third-order valence-electron chi connectivity index (χ3n) is 7.19. The van der Waals surface area contributed by atoms with Crippen LogP contribution in [0.2, 0.25) is 0 Å². The van der Waals surface area contributed by atoms with Crippen molar-refractivity contribution in [3.05, 3.63) is 30.0 Å². The second-order valence-electron chi connectivity index (χ2n) is 9.79. The highest BCUT2D eigenvalue weighted by Gasteiger charge is 2.48. The highest BCUT2D eigenvalue weighted by Crippen LogP contribution is 2.40. The summed E-state index contributed by atoms with van der Waals surface area (Å²) >= 11 is 0. The van der Waals surface area contributed by atoms with Crippen molar-refractivity contribution < 1.29 is 23.1 Å². The fourth-order valence-corrected chi connectivity index (χ4v) is 5.15. The van der Waals surface area contributed by atoms with Gasteiger partial charge in [0.25, 0.3) is 11.8 Å². The fraction of sp³-hybridized carbons (Fsp3) is 0.520. The van der Waals surface area contributed by atoms with Crippen molar-refractivity contribution in [2.24, 2.45) is 0 Å². The summed E-state index contributed by atoms with van der Waals surface area (Å²) in [4.78, 5) is 36.6. The van der Waals surface area contributed by atoms with Crippen LogP contribution < -0.4 is 30.6 Å². The molecule has 0 spiro atoms. The number of hydrogen-bond acceptors (Lipinski definition) is 9. The van der Waals surface area contributed by atoms with Crippen molar-refractivity contribution in [3.63, 3.8) is 0 Å². The van der Waals surface area contributed by atoms with Gasteiger partial charge in [0.1, 0.15) is 11.4 Å². The number of hydrogen-bond donors (Lipinski definition) is 3. The summed E-state index contributed by atoms with van der Waals surface area (Å²) in [6.45, 7) is 1.52. The third-order valence-corrected chi connectivity index (χ3v) is 7.19. The molecule has 1 saturated heterocycles. The van der Waals surface area contributed by atoms with Crippen molar-refractivity contribution in [2.45, 2.75) is 44.1 Å². The number of fused-ring (bicyclic) bond motifs is 1. The molecule has 3 N–H and O–H groups in total. The molecule has 0 radical (unpaired) electrons. The van der Waals surface area contributed by atoms with Crippen LogP contribution in [0, 0.1) is 0 Å². The van der Waals surface area contributed by atoms with E-state index in [1.165, 1.54) is 20.4 Å². The first kappa shape index (κ1) is 26.0. The summed E-state index contributed by atoms with van der Waals surface area (Å²) in [5.41, 5.74) is 4.02. The van der Waals surface area contributed by atoms with Crippen molar-refractivity contribution in [1.82, 2.24) is 25.7 Å². The van der Waals surface area contributed by atoms with Gasteiger partial charge in [0.2, 0.25) is 5.95 Å². The van der Waals surface area contributed by atoms with Crippen LogP contribution in [0.4, 0.5) is 31.9 Å².